The predicted molar refractivity (Wildman–Crippen MR) is 84.7 cm³/mol. The first-order valence-corrected chi connectivity index (χ1v) is 7.48. The molecule has 0 spiro atoms. The summed E-state index contributed by atoms with van der Waals surface area (Å²) in [5.74, 6) is 1.90. The van der Waals surface area contributed by atoms with E-state index < -0.39 is 0 Å². The standard InChI is InChI=1S/C14H17ClN6O/c1-8-18-13(21-14(16)19-8)11-6-9(15)7-17-12(11)20-10-2-4-22-5-3-10/h6-7,10H,2-5H2,1H3,(H,17,20)(H2,16,18,19,21). The summed E-state index contributed by atoms with van der Waals surface area (Å²) < 4.78 is 5.37. The molecule has 0 saturated carbocycles. The molecule has 1 saturated heterocycles. The Morgan fingerprint density at radius 1 is 1.27 bits per heavy atom. The summed E-state index contributed by atoms with van der Waals surface area (Å²) in [6.45, 7) is 3.27. The van der Waals surface area contributed by atoms with Crippen LogP contribution in [0, 0.1) is 6.92 Å². The van der Waals surface area contributed by atoms with E-state index in [1.165, 1.54) is 0 Å². The van der Waals surface area contributed by atoms with Crippen molar-refractivity contribution in [2.75, 3.05) is 24.3 Å². The number of hydrogen-bond donors (Lipinski definition) is 2. The summed E-state index contributed by atoms with van der Waals surface area (Å²) in [5.41, 5.74) is 6.44. The Bertz CT molecular complexity index is 654. The number of nitrogen functional groups attached to an aromatic ring is 1. The molecule has 0 aromatic carbocycles. The normalized spacial score (nSPS) is 15.7. The molecular weight excluding hydrogens is 304 g/mol. The number of pyridine rings is 1. The van der Waals surface area contributed by atoms with Gasteiger partial charge in [-0.2, -0.15) is 9.97 Å². The zero-order chi connectivity index (χ0) is 15.5. The fourth-order valence-electron chi connectivity index (χ4n) is 2.38. The number of nitrogens with one attached hydrogen (secondary N) is 1. The second-order valence-electron chi connectivity index (χ2n) is 5.15. The van der Waals surface area contributed by atoms with Gasteiger partial charge in [-0.1, -0.05) is 11.6 Å². The van der Waals surface area contributed by atoms with Crippen molar-refractivity contribution in [2.24, 2.45) is 0 Å². The highest BCUT2D eigenvalue weighted by molar-refractivity contribution is 6.30. The van der Waals surface area contributed by atoms with Crippen molar-refractivity contribution >= 4 is 23.4 Å². The van der Waals surface area contributed by atoms with Crippen molar-refractivity contribution < 1.29 is 4.74 Å². The molecule has 116 valence electrons. The lowest BCUT2D eigenvalue weighted by Crippen LogP contribution is -2.28. The summed E-state index contributed by atoms with van der Waals surface area (Å²) in [6, 6.07) is 2.09. The van der Waals surface area contributed by atoms with Gasteiger partial charge in [-0.05, 0) is 25.8 Å². The largest absolute Gasteiger partial charge is 0.381 e. The number of anilines is 2. The number of rotatable bonds is 3. The quantitative estimate of drug-likeness (QED) is 0.893. The monoisotopic (exact) mass is 320 g/mol. The van der Waals surface area contributed by atoms with E-state index in [0.29, 0.717) is 28.5 Å². The third-order valence-electron chi connectivity index (χ3n) is 3.42. The van der Waals surface area contributed by atoms with Gasteiger partial charge >= 0.3 is 0 Å². The van der Waals surface area contributed by atoms with Gasteiger partial charge in [-0.25, -0.2) is 9.97 Å². The summed E-state index contributed by atoms with van der Waals surface area (Å²) in [6.07, 6.45) is 3.47. The van der Waals surface area contributed by atoms with E-state index in [-0.39, 0.29) is 5.95 Å². The number of aromatic nitrogens is 4. The predicted octanol–water partition coefficient (Wildman–Crippen LogP) is 2.07. The molecule has 1 aliphatic rings. The zero-order valence-electron chi connectivity index (χ0n) is 12.2. The summed E-state index contributed by atoms with van der Waals surface area (Å²) in [4.78, 5) is 16.9. The maximum atomic E-state index is 6.08. The van der Waals surface area contributed by atoms with E-state index in [9.17, 15) is 0 Å². The highest BCUT2D eigenvalue weighted by Crippen LogP contribution is 2.28. The van der Waals surface area contributed by atoms with Crippen molar-refractivity contribution in [1.82, 2.24) is 19.9 Å². The molecule has 0 bridgehead atoms. The van der Waals surface area contributed by atoms with E-state index in [2.05, 4.69) is 25.3 Å². The highest BCUT2D eigenvalue weighted by Gasteiger charge is 2.18. The lowest BCUT2D eigenvalue weighted by Gasteiger charge is -2.24. The molecule has 0 radical (unpaired) electrons. The number of ether oxygens (including phenoxy) is 1. The van der Waals surface area contributed by atoms with Crippen LogP contribution in [0.15, 0.2) is 12.3 Å². The van der Waals surface area contributed by atoms with Gasteiger partial charge in [0.1, 0.15) is 11.6 Å². The van der Waals surface area contributed by atoms with Gasteiger partial charge < -0.3 is 15.8 Å². The molecule has 3 rings (SSSR count). The van der Waals surface area contributed by atoms with Crippen molar-refractivity contribution in [1.29, 1.82) is 0 Å². The van der Waals surface area contributed by atoms with Crippen LogP contribution in [0.1, 0.15) is 18.7 Å². The van der Waals surface area contributed by atoms with Crippen LogP contribution in [0.2, 0.25) is 5.02 Å². The van der Waals surface area contributed by atoms with Crippen LogP contribution in [0.3, 0.4) is 0 Å². The molecule has 0 atom stereocenters. The average molecular weight is 321 g/mol. The minimum atomic E-state index is 0.180. The third kappa shape index (κ3) is 3.42. The second-order valence-corrected chi connectivity index (χ2v) is 5.58. The van der Waals surface area contributed by atoms with E-state index in [0.717, 1.165) is 31.6 Å². The molecule has 22 heavy (non-hydrogen) atoms. The van der Waals surface area contributed by atoms with Gasteiger partial charge in [0.05, 0.1) is 10.6 Å². The molecule has 3 heterocycles. The maximum absolute atomic E-state index is 6.08. The molecule has 1 aliphatic heterocycles. The summed E-state index contributed by atoms with van der Waals surface area (Å²) in [7, 11) is 0. The Kier molecular flexibility index (Phi) is 4.35. The van der Waals surface area contributed by atoms with E-state index in [1.807, 2.05) is 0 Å². The fraction of sp³-hybridized carbons (Fsp3) is 0.429. The van der Waals surface area contributed by atoms with Crippen molar-refractivity contribution in [2.45, 2.75) is 25.8 Å². The first-order chi connectivity index (χ1) is 10.6. The van der Waals surface area contributed by atoms with Crippen LogP contribution in [0.5, 0.6) is 0 Å². The Morgan fingerprint density at radius 3 is 2.77 bits per heavy atom. The minimum absolute atomic E-state index is 0.180. The van der Waals surface area contributed by atoms with Crippen LogP contribution in [-0.4, -0.2) is 39.2 Å². The lowest BCUT2D eigenvalue weighted by atomic mass is 10.1. The Hall–Kier alpha value is -1.99. The number of hydrogen-bond acceptors (Lipinski definition) is 7. The van der Waals surface area contributed by atoms with Gasteiger partial charge in [0.25, 0.3) is 0 Å². The van der Waals surface area contributed by atoms with Gasteiger partial charge in [0.15, 0.2) is 5.82 Å². The highest BCUT2D eigenvalue weighted by atomic mass is 35.5. The van der Waals surface area contributed by atoms with Crippen LogP contribution in [0.25, 0.3) is 11.4 Å². The first kappa shape index (κ1) is 14.9. The summed E-state index contributed by atoms with van der Waals surface area (Å²) in [5, 5.41) is 3.94. The molecule has 8 heteroatoms. The molecular formula is C14H17ClN6O. The average Bonchev–Trinajstić information content (AvgIpc) is 2.49. The van der Waals surface area contributed by atoms with Gasteiger partial charge in [-0.3, -0.25) is 0 Å². The van der Waals surface area contributed by atoms with Gasteiger partial charge in [0.2, 0.25) is 5.95 Å². The smallest absolute Gasteiger partial charge is 0.223 e. The molecule has 2 aromatic heterocycles. The molecule has 0 amide bonds. The van der Waals surface area contributed by atoms with Crippen molar-refractivity contribution in [3.63, 3.8) is 0 Å². The number of nitrogens with zero attached hydrogens (tertiary/aromatic N) is 4. The molecule has 3 N–H and O–H groups in total. The fourth-order valence-corrected chi connectivity index (χ4v) is 2.54. The molecule has 7 nitrogen and oxygen atoms in total. The van der Waals surface area contributed by atoms with Crippen LogP contribution < -0.4 is 11.1 Å². The van der Waals surface area contributed by atoms with E-state index in [1.54, 1.807) is 19.2 Å². The minimum Gasteiger partial charge on any atom is -0.381 e. The summed E-state index contributed by atoms with van der Waals surface area (Å²) >= 11 is 6.08. The van der Waals surface area contributed by atoms with Crippen LogP contribution >= 0.6 is 11.6 Å². The molecule has 0 unspecified atom stereocenters. The topological polar surface area (TPSA) is 98.8 Å². The molecule has 1 fully saturated rings. The maximum Gasteiger partial charge on any atom is 0.223 e. The van der Waals surface area contributed by atoms with Crippen LogP contribution in [-0.2, 0) is 4.74 Å². The molecule has 0 aliphatic carbocycles. The first-order valence-electron chi connectivity index (χ1n) is 7.10. The Labute approximate surface area is 133 Å². The van der Waals surface area contributed by atoms with Crippen molar-refractivity contribution in [3.8, 4) is 11.4 Å². The third-order valence-corrected chi connectivity index (χ3v) is 3.63. The van der Waals surface area contributed by atoms with Gasteiger partial charge in [0, 0.05) is 25.5 Å². The van der Waals surface area contributed by atoms with Crippen molar-refractivity contribution in [3.05, 3.63) is 23.1 Å². The van der Waals surface area contributed by atoms with Gasteiger partial charge in [-0.15, -0.1) is 0 Å². The SMILES string of the molecule is Cc1nc(N)nc(-c2cc(Cl)cnc2NC2CCOCC2)n1. The zero-order valence-corrected chi connectivity index (χ0v) is 13.0. The second kappa shape index (κ2) is 6.41. The lowest BCUT2D eigenvalue weighted by molar-refractivity contribution is 0.0904. The van der Waals surface area contributed by atoms with Crippen LogP contribution in [0.4, 0.5) is 11.8 Å². The number of aryl methyl sites for hydroxylation is 1. The van der Waals surface area contributed by atoms with E-state index in [4.69, 9.17) is 22.1 Å². The van der Waals surface area contributed by atoms with E-state index >= 15 is 0 Å². The molecule has 2 aromatic rings. The number of halogens is 1. The number of nitrogens with two attached hydrogens (primary N) is 1. The Morgan fingerprint density at radius 2 is 2.05 bits per heavy atom. The Balaban J connectivity index is 1.96.